The average Bonchev–Trinajstić information content (AvgIpc) is 3.08. The van der Waals surface area contributed by atoms with Crippen molar-refractivity contribution in [3.63, 3.8) is 0 Å². The predicted molar refractivity (Wildman–Crippen MR) is 135 cm³/mol. The van der Waals surface area contributed by atoms with E-state index >= 15 is 0 Å². The second kappa shape index (κ2) is 14.4. The van der Waals surface area contributed by atoms with Gasteiger partial charge < -0.3 is 20.3 Å². The van der Waals surface area contributed by atoms with Gasteiger partial charge in [0.2, 0.25) is 0 Å². The van der Waals surface area contributed by atoms with Crippen molar-refractivity contribution in [2.24, 2.45) is 16.8 Å². The van der Waals surface area contributed by atoms with Crippen LogP contribution in [0.25, 0.3) is 0 Å². The number of aryl methyl sites for hydroxylation is 1. The summed E-state index contributed by atoms with van der Waals surface area (Å²) < 4.78 is 2.14. The summed E-state index contributed by atoms with van der Waals surface area (Å²) >= 11 is 0. The second-order valence-electron chi connectivity index (χ2n) is 8.01. The Morgan fingerprint density at radius 2 is 2.00 bits per heavy atom. The van der Waals surface area contributed by atoms with Gasteiger partial charge in [-0.2, -0.15) is 0 Å². The number of nitrogens with one attached hydrogen (secondary N) is 2. The number of rotatable bonds is 11. The molecule has 0 bridgehead atoms. The lowest BCUT2D eigenvalue weighted by Gasteiger charge is -2.20. The van der Waals surface area contributed by atoms with Gasteiger partial charge >= 0.3 is 0 Å². The minimum Gasteiger partial charge on any atom is -0.396 e. The molecule has 30 heavy (non-hydrogen) atoms. The molecule has 2 aromatic rings. The SMILES string of the molecule is CCNC(=NCc1cccc(Cn2ccnc2C)c1)NCC(CCO)CC(C)C.I. The Morgan fingerprint density at radius 1 is 1.23 bits per heavy atom. The lowest BCUT2D eigenvalue weighted by Crippen LogP contribution is -2.40. The minimum absolute atomic E-state index is 0. The molecule has 0 fully saturated rings. The predicted octanol–water partition coefficient (Wildman–Crippen LogP) is 3.96. The second-order valence-corrected chi connectivity index (χ2v) is 8.01. The van der Waals surface area contributed by atoms with Gasteiger partial charge in [0, 0.05) is 38.6 Å². The fraction of sp³-hybridized carbons (Fsp3) is 0.565. The van der Waals surface area contributed by atoms with Crippen LogP contribution in [0.15, 0.2) is 41.7 Å². The smallest absolute Gasteiger partial charge is 0.191 e. The van der Waals surface area contributed by atoms with E-state index in [4.69, 9.17) is 4.99 Å². The van der Waals surface area contributed by atoms with Gasteiger partial charge in [0.1, 0.15) is 5.82 Å². The maximum atomic E-state index is 9.33. The molecule has 1 atom stereocenters. The third-order valence-electron chi connectivity index (χ3n) is 4.93. The zero-order chi connectivity index (χ0) is 21.1. The molecule has 0 saturated carbocycles. The fourth-order valence-corrected chi connectivity index (χ4v) is 3.50. The van der Waals surface area contributed by atoms with Crippen LogP contribution < -0.4 is 10.6 Å². The zero-order valence-corrected chi connectivity index (χ0v) is 21.1. The summed E-state index contributed by atoms with van der Waals surface area (Å²) in [6.07, 6.45) is 5.76. The molecule has 168 valence electrons. The monoisotopic (exact) mass is 527 g/mol. The number of aliphatic hydroxyl groups is 1. The average molecular weight is 527 g/mol. The summed E-state index contributed by atoms with van der Waals surface area (Å²) in [5.74, 6) is 2.92. The van der Waals surface area contributed by atoms with E-state index in [2.05, 4.69) is 65.2 Å². The lowest BCUT2D eigenvalue weighted by molar-refractivity contribution is 0.243. The van der Waals surface area contributed by atoms with Crippen molar-refractivity contribution in [3.8, 4) is 0 Å². The minimum atomic E-state index is 0. The molecule has 1 heterocycles. The van der Waals surface area contributed by atoms with Crippen molar-refractivity contribution in [3.05, 3.63) is 53.6 Å². The third-order valence-corrected chi connectivity index (χ3v) is 4.93. The first-order valence-corrected chi connectivity index (χ1v) is 10.7. The summed E-state index contributed by atoms with van der Waals surface area (Å²) in [5.41, 5.74) is 2.43. The molecule has 2 rings (SSSR count). The molecule has 1 aromatic carbocycles. The topological polar surface area (TPSA) is 74.5 Å². The van der Waals surface area contributed by atoms with Crippen molar-refractivity contribution in [2.75, 3.05) is 19.7 Å². The van der Waals surface area contributed by atoms with Crippen molar-refractivity contribution >= 4 is 29.9 Å². The largest absolute Gasteiger partial charge is 0.396 e. The molecule has 7 heteroatoms. The number of aliphatic hydroxyl groups excluding tert-OH is 1. The van der Waals surface area contributed by atoms with Crippen LogP contribution >= 0.6 is 24.0 Å². The molecule has 0 saturated heterocycles. The number of hydrogen-bond donors (Lipinski definition) is 3. The van der Waals surface area contributed by atoms with Crippen LogP contribution in [-0.4, -0.2) is 40.3 Å². The van der Waals surface area contributed by atoms with Gasteiger partial charge in [-0.1, -0.05) is 38.1 Å². The summed E-state index contributed by atoms with van der Waals surface area (Å²) in [5, 5.41) is 16.1. The third kappa shape index (κ3) is 9.47. The first kappa shape index (κ1) is 26.4. The maximum absolute atomic E-state index is 9.33. The van der Waals surface area contributed by atoms with Gasteiger partial charge in [-0.15, -0.1) is 24.0 Å². The normalized spacial score (nSPS) is 12.5. The highest BCUT2D eigenvalue weighted by atomic mass is 127. The van der Waals surface area contributed by atoms with Crippen molar-refractivity contribution in [2.45, 2.75) is 53.6 Å². The van der Waals surface area contributed by atoms with Gasteiger partial charge in [-0.3, -0.25) is 0 Å². The Kier molecular flexibility index (Phi) is 12.7. The van der Waals surface area contributed by atoms with E-state index in [-0.39, 0.29) is 30.6 Å². The fourth-order valence-electron chi connectivity index (χ4n) is 3.50. The number of imidazole rings is 1. The van der Waals surface area contributed by atoms with E-state index in [9.17, 15) is 5.11 Å². The quantitative estimate of drug-likeness (QED) is 0.235. The number of aliphatic imine (C=N–C) groups is 1. The van der Waals surface area contributed by atoms with Crippen LogP contribution in [-0.2, 0) is 13.1 Å². The molecule has 0 aliphatic rings. The molecule has 0 aliphatic carbocycles. The first-order chi connectivity index (χ1) is 14.0. The van der Waals surface area contributed by atoms with E-state index in [1.165, 1.54) is 11.1 Å². The molecule has 1 aromatic heterocycles. The Bertz CT molecular complexity index is 760. The van der Waals surface area contributed by atoms with Crippen LogP contribution in [0, 0.1) is 18.8 Å². The molecule has 3 N–H and O–H groups in total. The van der Waals surface area contributed by atoms with Crippen LogP contribution in [0.1, 0.15) is 50.6 Å². The summed E-state index contributed by atoms with van der Waals surface area (Å²) in [4.78, 5) is 9.05. The van der Waals surface area contributed by atoms with Crippen LogP contribution in [0.3, 0.4) is 0 Å². The van der Waals surface area contributed by atoms with E-state index in [1.54, 1.807) is 0 Å². The van der Waals surface area contributed by atoms with Crippen LogP contribution in [0.2, 0.25) is 0 Å². The highest BCUT2D eigenvalue weighted by molar-refractivity contribution is 14.0. The standard InChI is InChI=1S/C23H37N5O.HI/c1-5-24-23(27-16-21(9-12-29)13-18(2)3)26-15-20-7-6-8-22(14-20)17-28-11-10-25-19(28)4;/h6-8,10-11,14,18,21,29H,5,9,12-13,15-17H2,1-4H3,(H2,24,26,27);1H. The highest BCUT2D eigenvalue weighted by Crippen LogP contribution is 2.14. The molecule has 0 amide bonds. The Hall–Kier alpha value is -1.61. The Balaban J connectivity index is 0.00000450. The van der Waals surface area contributed by atoms with Crippen LogP contribution in [0.4, 0.5) is 0 Å². The van der Waals surface area contributed by atoms with E-state index < -0.39 is 0 Å². The first-order valence-electron chi connectivity index (χ1n) is 10.7. The molecule has 0 spiro atoms. The molecular formula is C23H38IN5O. The van der Waals surface area contributed by atoms with Crippen molar-refractivity contribution in [1.29, 1.82) is 0 Å². The zero-order valence-electron chi connectivity index (χ0n) is 18.8. The number of aromatic nitrogens is 2. The van der Waals surface area contributed by atoms with Gasteiger partial charge in [-0.25, -0.2) is 9.98 Å². The molecule has 1 unspecified atom stereocenters. The highest BCUT2D eigenvalue weighted by Gasteiger charge is 2.11. The summed E-state index contributed by atoms with van der Waals surface area (Å²) in [7, 11) is 0. The maximum Gasteiger partial charge on any atom is 0.191 e. The Morgan fingerprint density at radius 3 is 2.63 bits per heavy atom. The number of hydrogen-bond acceptors (Lipinski definition) is 3. The van der Waals surface area contributed by atoms with Crippen molar-refractivity contribution in [1.82, 2.24) is 20.2 Å². The molecular weight excluding hydrogens is 489 g/mol. The summed E-state index contributed by atoms with van der Waals surface area (Å²) in [6, 6.07) is 8.55. The molecule has 0 aliphatic heterocycles. The summed E-state index contributed by atoms with van der Waals surface area (Å²) in [6.45, 7) is 11.9. The van der Waals surface area contributed by atoms with Gasteiger partial charge in [-0.05, 0) is 49.7 Å². The number of nitrogens with zero attached hydrogens (tertiary/aromatic N) is 3. The van der Waals surface area contributed by atoms with Gasteiger partial charge in [0.05, 0.1) is 6.54 Å². The number of guanidine groups is 1. The van der Waals surface area contributed by atoms with E-state index in [1.807, 2.05) is 19.3 Å². The van der Waals surface area contributed by atoms with Gasteiger partial charge in [0.15, 0.2) is 5.96 Å². The lowest BCUT2D eigenvalue weighted by atomic mass is 9.94. The molecule has 6 nitrogen and oxygen atoms in total. The molecule has 0 radical (unpaired) electrons. The van der Waals surface area contributed by atoms with Crippen LogP contribution in [0.5, 0.6) is 0 Å². The Labute approximate surface area is 198 Å². The number of benzene rings is 1. The van der Waals surface area contributed by atoms with Gasteiger partial charge in [0.25, 0.3) is 0 Å². The van der Waals surface area contributed by atoms with E-state index in [0.29, 0.717) is 18.4 Å². The van der Waals surface area contributed by atoms with E-state index in [0.717, 1.165) is 44.3 Å². The van der Waals surface area contributed by atoms with Crippen molar-refractivity contribution < 1.29 is 5.11 Å². The number of halogens is 1.